The largest absolute Gasteiger partial charge is 0.497 e. The molecule has 24 heavy (non-hydrogen) atoms. The van der Waals surface area contributed by atoms with Gasteiger partial charge in [0.1, 0.15) is 16.5 Å². The van der Waals surface area contributed by atoms with Crippen molar-refractivity contribution in [2.45, 2.75) is 17.0 Å². The van der Waals surface area contributed by atoms with E-state index in [-0.39, 0.29) is 17.1 Å². The van der Waals surface area contributed by atoms with Crippen molar-refractivity contribution < 1.29 is 19.1 Å². The van der Waals surface area contributed by atoms with Crippen LogP contribution in [0.5, 0.6) is 5.75 Å². The SMILES string of the molecule is COC(=O)[C@@H]1C=C[C@H](C)S[C@]12C=CC(=O)N2c1ccc(OC)cc1. The molecule has 1 amide bonds. The van der Waals surface area contributed by atoms with Crippen LogP contribution in [0.1, 0.15) is 6.92 Å². The quantitative estimate of drug-likeness (QED) is 0.623. The summed E-state index contributed by atoms with van der Waals surface area (Å²) in [5.41, 5.74) is 0.717. The van der Waals surface area contributed by atoms with Gasteiger partial charge < -0.3 is 9.47 Å². The summed E-state index contributed by atoms with van der Waals surface area (Å²) in [6.07, 6.45) is 7.15. The highest BCUT2D eigenvalue weighted by Gasteiger charge is 2.53. The van der Waals surface area contributed by atoms with Crippen LogP contribution < -0.4 is 9.64 Å². The molecule has 0 saturated heterocycles. The summed E-state index contributed by atoms with van der Waals surface area (Å²) in [5, 5.41) is 0.169. The maximum absolute atomic E-state index is 12.6. The summed E-state index contributed by atoms with van der Waals surface area (Å²) in [4.78, 5) is 25.8. The van der Waals surface area contributed by atoms with Crippen molar-refractivity contribution in [1.29, 1.82) is 0 Å². The van der Waals surface area contributed by atoms with E-state index >= 15 is 0 Å². The van der Waals surface area contributed by atoms with Crippen LogP contribution in [0, 0.1) is 5.92 Å². The number of rotatable bonds is 3. The Morgan fingerprint density at radius 3 is 2.54 bits per heavy atom. The minimum absolute atomic E-state index is 0.149. The van der Waals surface area contributed by atoms with Gasteiger partial charge in [-0.25, -0.2) is 0 Å². The zero-order valence-electron chi connectivity index (χ0n) is 13.8. The lowest BCUT2D eigenvalue weighted by molar-refractivity contribution is -0.144. The third-order valence-electron chi connectivity index (χ3n) is 4.22. The van der Waals surface area contributed by atoms with Crippen molar-refractivity contribution in [2.75, 3.05) is 19.1 Å². The highest BCUT2D eigenvalue weighted by atomic mass is 32.2. The second-order valence-corrected chi connectivity index (χ2v) is 7.30. The van der Waals surface area contributed by atoms with Gasteiger partial charge in [-0.1, -0.05) is 12.2 Å². The zero-order valence-corrected chi connectivity index (χ0v) is 14.6. The summed E-state index contributed by atoms with van der Waals surface area (Å²) >= 11 is 1.56. The van der Waals surface area contributed by atoms with Crippen LogP contribution in [0.2, 0.25) is 0 Å². The van der Waals surface area contributed by atoms with Crippen LogP contribution in [-0.4, -0.2) is 36.2 Å². The summed E-state index contributed by atoms with van der Waals surface area (Å²) < 4.78 is 10.2. The second-order valence-electron chi connectivity index (χ2n) is 5.67. The lowest BCUT2D eigenvalue weighted by atomic mass is 9.96. The molecule has 0 fully saturated rings. The Labute approximate surface area is 145 Å². The number of carbonyl (C=O) groups excluding carboxylic acids is 2. The first-order valence-corrected chi connectivity index (χ1v) is 8.51. The van der Waals surface area contributed by atoms with Crippen LogP contribution >= 0.6 is 11.8 Å². The predicted molar refractivity (Wildman–Crippen MR) is 94.1 cm³/mol. The van der Waals surface area contributed by atoms with Gasteiger partial charge in [0, 0.05) is 17.0 Å². The van der Waals surface area contributed by atoms with Crippen molar-refractivity contribution >= 4 is 29.3 Å². The Kier molecular flexibility index (Phi) is 4.41. The number of thioether (sulfide) groups is 1. The summed E-state index contributed by atoms with van der Waals surface area (Å²) in [5.74, 6) is -0.359. The van der Waals surface area contributed by atoms with Crippen molar-refractivity contribution in [2.24, 2.45) is 5.92 Å². The molecule has 0 radical (unpaired) electrons. The van der Waals surface area contributed by atoms with Crippen molar-refractivity contribution in [3.63, 3.8) is 0 Å². The van der Waals surface area contributed by atoms with Crippen LogP contribution in [0.25, 0.3) is 0 Å². The van der Waals surface area contributed by atoms with Crippen LogP contribution in [0.4, 0.5) is 5.69 Å². The number of amides is 1. The molecule has 0 aliphatic carbocycles. The van der Waals surface area contributed by atoms with Crippen LogP contribution in [0.15, 0.2) is 48.6 Å². The molecule has 0 N–H and O–H groups in total. The average molecular weight is 345 g/mol. The molecule has 0 unspecified atom stereocenters. The van der Waals surface area contributed by atoms with E-state index < -0.39 is 10.8 Å². The number of benzene rings is 1. The maximum Gasteiger partial charge on any atom is 0.316 e. The lowest BCUT2D eigenvalue weighted by Gasteiger charge is -2.44. The molecule has 1 aromatic carbocycles. The molecule has 5 nitrogen and oxygen atoms in total. The highest BCUT2D eigenvalue weighted by molar-refractivity contribution is 8.01. The predicted octanol–water partition coefficient (Wildman–Crippen LogP) is 2.78. The van der Waals surface area contributed by atoms with E-state index in [0.29, 0.717) is 5.75 Å². The van der Waals surface area contributed by atoms with Crippen molar-refractivity contribution in [3.8, 4) is 5.75 Å². The number of hydrogen-bond donors (Lipinski definition) is 0. The van der Waals surface area contributed by atoms with Crippen molar-refractivity contribution in [1.82, 2.24) is 0 Å². The van der Waals surface area contributed by atoms with E-state index in [1.54, 1.807) is 35.9 Å². The Bertz CT molecular complexity index is 712. The molecule has 2 heterocycles. The van der Waals surface area contributed by atoms with E-state index in [0.717, 1.165) is 5.69 Å². The fourth-order valence-corrected chi connectivity index (χ4v) is 4.63. The molecule has 0 aromatic heterocycles. The Morgan fingerprint density at radius 2 is 1.92 bits per heavy atom. The number of carbonyl (C=O) groups is 2. The normalized spacial score (nSPS) is 28.5. The molecule has 2 aliphatic heterocycles. The standard InChI is InChI=1S/C18H19NO4S/c1-12-4-9-15(17(21)23-3)18(24-12)11-10-16(20)19(18)13-5-7-14(22-2)8-6-13/h4-12,15H,1-3H3/t12-,15-,18+/m0/s1. The summed E-state index contributed by atoms with van der Waals surface area (Å²) in [6.45, 7) is 2.04. The van der Waals surface area contributed by atoms with Gasteiger partial charge in [-0.15, -0.1) is 11.8 Å². The first kappa shape index (κ1) is 16.6. The third-order valence-corrected chi connectivity index (χ3v) is 5.69. The van der Waals surface area contributed by atoms with Crippen LogP contribution in [-0.2, 0) is 14.3 Å². The van der Waals surface area contributed by atoms with E-state index in [9.17, 15) is 9.59 Å². The average Bonchev–Trinajstić information content (AvgIpc) is 2.91. The van der Waals surface area contributed by atoms with E-state index in [1.165, 1.54) is 13.2 Å². The second kappa shape index (κ2) is 6.36. The molecule has 1 aromatic rings. The molecule has 0 bridgehead atoms. The molecule has 3 rings (SSSR count). The Hall–Kier alpha value is -2.21. The third kappa shape index (κ3) is 2.60. The molecule has 126 valence electrons. The molecular weight excluding hydrogens is 326 g/mol. The number of hydrogen-bond acceptors (Lipinski definition) is 5. The van der Waals surface area contributed by atoms with E-state index in [1.807, 2.05) is 37.3 Å². The molecule has 2 aliphatic rings. The zero-order chi connectivity index (χ0) is 17.3. The van der Waals surface area contributed by atoms with Gasteiger partial charge >= 0.3 is 5.97 Å². The minimum Gasteiger partial charge on any atom is -0.497 e. The molecule has 1 spiro atoms. The highest BCUT2D eigenvalue weighted by Crippen LogP contribution is 2.49. The lowest BCUT2D eigenvalue weighted by Crippen LogP contribution is -2.53. The number of anilines is 1. The van der Waals surface area contributed by atoms with Gasteiger partial charge in [-0.3, -0.25) is 14.5 Å². The maximum atomic E-state index is 12.6. The van der Waals surface area contributed by atoms with Crippen LogP contribution in [0.3, 0.4) is 0 Å². The smallest absolute Gasteiger partial charge is 0.316 e. The van der Waals surface area contributed by atoms with Gasteiger partial charge in [0.15, 0.2) is 0 Å². The Morgan fingerprint density at radius 1 is 1.21 bits per heavy atom. The number of esters is 1. The van der Waals surface area contributed by atoms with Gasteiger partial charge in [-0.2, -0.15) is 0 Å². The summed E-state index contributed by atoms with van der Waals surface area (Å²) in [6, 6.07) is 7.25. The van der Waals surface area contributed by atoms with E-state index in [4.69, 9.17) is 9.47 Å². The monoisotopic (exact) mass is 345 g/mol. The first-order valence-electron chi connectivity index (χ1n) is 7.63. The first-order chi connectivity index (χ1) is 11.5. The number of methoxy groups -OCH3 is 2. The van der Waals surface area contributed by atoms with Gasteiger partial charge in [0.05, 0.1) is 14.2 Å². The van der Waals surface area contributed by atoms with Gasteiger partial charge in [-0.05, 0) is 37.3 Å². The molecular formula is C18H19NO4S. The molecule has 6 heteroatoms. The van der Waals surface area contributed by atoms with Crippen molar-refractivity contribution in [3.05, 3.63) is 48.6 Å². The Balaban J connectivity index is 2.07. The number of nitrogens with zero attached hydrogens (tertiary/aromatic N) is 1. The van der Waals surface area contributed by atoms with Gasteiger partial charge in [0.25, 0.3) is 5.91 Å². The summed E-state index contributed by atoms with van der Waals surface area (Å²) in [7, 11) is 2.96. The van der Waals surface area contributed by atoms with Gasteiger partial charge in [0.2, 0.25) is 0 Å². The minimum atomic E-state index is -0.813. The fourth-order valence-electron chi connectivity index (χ4n) is 3.10. The topological polar surface area (TPSA) is 55.8 Å². The fraction of sp³-hybridized carbons (Fsp3) is 0.333. The van der Waals surface area contributed by atoms with E-state index in [2.05, 4.69) is 0 Å². The molecule has 3 atom stereocenters. The number of ether oxygens (including phenoxy) is 2. The molecule has 0 saturated carbocycles.